The number of para-hydroxylation sites is 1. The second kappa shape index (κ2) is 5.64. The number of carbonyl (C=O) groups excluding carboxylic acids is 2. The normalized spacial score (nSPS) is 15.3. The van der Waals surface area contributed by atoms with Crippen LogP contribution in [0, 0.1) is 0 Å². The van der Waals surface area contributed by atoms with E-state index in [1.807, 2.05) is 0 Å². The molecule has 1 aromatic rings. The molecule has 1 saturated heterocycles. The first kappa shape index (κ1) is 12.6. The fraction of sp³-hybridized carbons (Fsp3) is 0.385. The van der Waals surface area contributed by atoms with Crippen LogP contribution in [0.15, 0.2) is 24.3 Å². The zero-order valence-corrected chi connectivity index (χ0v) is 10.2. The van der Waals surface area contributed by atoms with Crippen molar-refractivity contribution in [1.29, 1.82) is 0 Å². The minimum atomic E-state index is -0.433. The largest absolute Gasteiger partial charge is 0.426 e. The zero-order valence-electron chi connectivity index (χ0n) is 10.2. The van der Waals surface area contributed by atoms with Gasteiger partial charge in [0.05, 0.1) is 18.8 Å². The summed E-state index contributed by atoms with van der Waals surface area (Å²) in [6, 6.07) is 6.76. The Labute approximate surface area is 105 Å². The Kier molecular flexibility index (Phi) is 3.94. The third kappa shape index (κ3) is 2.87. The molecule has 2 rings (SSSR count). The Balaban J connectivity index is 2.20. The Morgan fingerprint density at radius 3 is 2.56 bits per heavy atom. The van der Waals surface area contributed by atoms with Gasteiger partial charge in [0.2, 0.25) is 0 Å². The molecule has 1 aromatic carbocycles. The van der Waals surface area contributed by atoms with E-state index in [2.05, 4.69) is 0 Å². The summed E-state index contributed by atoms with van der Waals surface area (Å²) in [5.41, 5.74) is 0.412. The van der Waals surface area contributed by atoms with Crippen molar-refractivity contribution in [3.8, 4) is 5.75 Å². The predicted molar refractivity (Wildman–Crippen MR) is 64.5 cm³/mol. The number of benzene rings is 1. The Morgan fingerprint density at radius 1 is 1.22 bits per heavy atom. The number of carbonyl (C=O) groups is 2. The number of ether oxygens (including phenoxy) is 2. The molecule has 0 unspecified atom stereocenters. The van der Waals surface area contributed by atoms with Crippen molar-refractivity contribution in [2.24, 2.45) is 0 Å². The highest BCUT2D eigenvalue weighted by molar-refractivity contribution is 5.97. The first-order valence-electron chi connectivity index (χ1n) is 5.83. The zero-order chi connectivity index (χ0) is 13.0. The molecule has 5 nitrogen and oxygen atoms in total. The van der Waals surface area contributed by atoms with E-state index in [1.165, 1.54) is 6.92 Å². The summed E-state index contributed by atoms with van der Waals surface area (Å²) in [6.07, 6.45) is 0. The highest BCUT2D eigenvalue weighted by atomic mass is 16.5. The van der Waals surface area contributed by atoms with Gasteiger partial charge >= 0.3 is 5.97 Å². The van der Waals surface area contributed by atoms with E-state index in [0.717, 1.165) is 0 Å². The van der Waals surface area contributed by atoms with Crippen LogP contribution in [0.4, 0.5) is 0 Å². The minimum Gasteiger partial charge on any atom is -0.426 e. The van der Waals surface area contributed by atoms with Crippen molar-refractivity contribution in [3.05, 3.63) is 29.8 Å². The van der Waals surface area contributed by atoms with Crippen LogP contribution >= 0.6 is 0 Å². The van der Waals surface area contributed by atoms with Gasteiger partial charge in [0.1, 0.15) is 5.75 Å². The molecule has 1 heterocycles. The number of rotatable bonds is 2. The molecule has 1 fully saturated rings. The summed E-state index contributed by atoms with van der Waals surface area (Å²) in [5, 5.41) is 0. The van der Waals surface area contributed by atoms with Crippen LogP contribution in [-0.4, -0.2) is 43.1 Å². The first-order valence-corrected chi connectivity index (χ1v) is 5.83. The molecule has 0 radical (unpaired) electrons. The van der Waals surface area contributed by atoms with Crippen LogP contribution in [0.1, 0.15) is 17.3 Å². The molecule has 0 aliphatic carbocycles. The second-order valence-corrected chi connectivity index (χ2v) is 3.99. The summed E-state index contributed by atoms with van der Waals surface area (Å²) < 4.78 is 10.2. The van der Waals surface area contributed by atoms with Crippen molar-refractivity contribution < 1.29 is 19.1 Å². The van der Waals surface area contributed by atoms with E-state index in [9.17, 15) is 9.59 Å². The van der Waals surface area contributed by atoms with E-state index in [-0.39, 0.29) is 5.91 Å². The summed E-state index contributed by atoms with van der Waals surface area (Å²) >= 11 is 0. The number of hydrogen-bond donors (Lipinski definition) is 0. The summed E-state index contributed by atoms with van der Waals surface area (Å²) in [6.45, 7) is 3.53. The van der Waals surface area contributed by atoms with Crippen molar-refractivity contribution in [2.45, 2.75) is 6.92 Å². The van der Waals surface area contributed by atoms with Crippen molar-refractivity contribution in [1.82, 2.24) is 4.90 Å². The molecule has 0 aromatic heterocycles. The highest BCUT2D eigenvalue weighted by Gasteiger charge is 2.21. The van der Waals surface area contributed by atoms with Gasteiger partial charge in [-0.15, -0.1) is 0 Å². The molecule has 1 aliphatic rings. The number of nitrogens with zero attached hydrogens (tertiary/aromatic N) is 1. The van der Waals surface area contributed by atoms with Gasteiger partial charge in [-0.2, -0.15) is 0 Å². The van der Waals surface area contributed by atoms with E-state index in [0.29, 0.717) is 37.6 Å². The molecular weight excluding hydrogens is 234 g/mol. The topological polar surface area (TPSA) is 55.8 Å². The van der Waals surface area contributed by atoms with E-state index >= 15 is 0 Å². The lowest BCUT2D eigenvalue weighted by Crippen LogP contribution is -2.40. The third-order valence-corrected chi connectivity index (χ3v) is 2.67. The molecule has 0 bridgehead atoms. The maximum atomic E-state index is 12.3. The van der Waals surface area contributed by atoms with Crippen LogP contribution in [-0.2, 0) is 9.53 Å². The smallest absolute Gasteiger partial charge is 0.308 e. The molecule has 1 amide bonds. The molecule has 18 heavy (non-hydrogen) atoms. The third-order valence-electron chi connectivity index (χ3n) is 2.67. The Morgan fingerprint density at radius 2 is 1.89 bits per heavy atom. The van der Waals surface area contributed by atoms with Gasteiger partial charge < -0.3 is 14.4 Å². The van der Waals surface area contributed by atoms with Crippen molar-refractivity contribution in [2.75, 3.05) is 26.3 Å². The van der Waals surface area contributed by atoms with Crippen molar-refractivity contribution in [3.63, 3.8) is 0 Å². The quantitative estimate of drug-likeness (QED) is 0.581. The van der Waals surface area contributed by atoms with Gasteiger partial charge in [0, 0.05) is 20.0 Å². The first-order chi connectivity index (χ1) is 8.68. The lowest BCUT2D eigenvalue weighted by atomic mass is 10.1. The molecule has 0 N–H and O–H groups in total. The van der Waals surface area contributed by atoms with Gasteiger partial charge in [-0.1, -0.05) is 12.1 Å². The van der Waals surface area contributed by atoms with Gasteiger partial charge in [-0.05, 0) is 12.1 Å². The standard InChI is InChI=1S/C13H15NO4/c1-10(15)18-12-5-3-2-4-11(12)13(16)14-6-8-17-9-7-14/h2-5H,6-9H2,1H3. The molecule has 0 atom stereocenters. The maximum absolute atomic E-state index is 12.3. The van der Waals surface area contributed by atoms with E-state index < -0.39 is 5.97 Å². The van der Waals surface area contributed by atoms with Gasteiger partial charge in [0.25, 0.3) is 5.91 Å². The minimum absolute atomic E-state index is 0.129. The van der Waals surface area contributed by atoms with Crippen molar-refractivity contribution >= 4 is 11.9 Å². The molecule has 96 valence electrons. The van der Waals surface area contributed by atoms with E-state index in [4.69, 9.17) is 9.47 Å². The number of morpholine rings is 1. The van der Waals surface area contributed by atoms with Crippen LogP contribution in [0.2, 0.25) is 0 Å². The predicted octanol–water partition coefficient (Wildman–Crippen LogP) is 1.08. The maximum Gasteiger partial charge on any atom is 0.308 e. The average Bonchev–Trinajstić information content (AvgIpc) is 2.39. The fourth-order valence-electron chi connectivity index (χ4n) is 1.82. The van der Waals surface area contributed by atoms with Crippen LogP contribution in [0.5, 0.6) is 5.75 Å². The monoisotopic (exact) mass is 249 g/mol. The average molecular weight is 249 g/mol. The van der Waals surface area contributed by atoms with E-state index in [1.54, 1.807) is 29.2 Å². The fourth-order valence-corrected chi connectivity index (χ4v) is 1.82. The lowest BCUT2D eigenvalue weighted by Gasteiger charge is -2.27. The molecule has 0 saturated carbocycles. The SMILES string of the molecule is CC(=O)Oc1ccccc1C(=O)N1CCOCC1. The number of esters is 1. The van der Waals surface area contributed by atoms with Gasteiger partial charge in [-0.25, -0.2) is 0 Å². The second-order valence-electron chi connectivity index (χ2n) is 3.99. The Hall–Kier alpha value is -1.88. The van der Waals surface area contributed by atoms with Crippen LogP contribution < -0.4 is 4.74 Å². The summed E-state index contributed by atoms with van der Waals surface area (Å²) in [4.78, 5) is 25.0. The molecule has 5 heteroatoms. The van der Waals surface area contributed by atoms with Gasteiger partial charge in [0.15, 0.2) is 0 Å². The summed E-state index contributed by atoms with van der Waals surface area (Å²) in [7, 11) is 0. The lowest BCUT2D eigenvalue weighted by molar-refractivity contribution is -0.131. The van der Waals surface area contributed by atoms with Gasteiger partial charge in [-0.3, -0.25) is 9.59 Å². The molecule has 1 aliphatic heterocycles. The number of hydrogen-bond acceptors (Lipinski definition) is 4. The number of amides is 1. The molecular formula is C13H15NO4. The summed E-state index contributed by atoms with van der Waals surface area (Å²) in [5.74, 6) is -0.256. The van der Waals surface area contributed by atoms with Crippen LogP contribution in [0.3, 0.4) is 0 Å². The molecule has 0 spiro atoms. The highest BCUT2D eigenvalue weighted by Crippen LogP contribution is 2.20. The Bertz CT molecular complexity index is 452. The van der Waals surface area contributed by atoms with Crippen LogP contribution in [0.25, 0.3) is 0 Å².